The number of methoxy groups -OCH3 is 2. The van der Waals surface area contributed by atoms with Crippen LogP contribution in [0.5, 0.6) is 17.2 Å². The summed E-state index contributed by atoms with van der Waals surface area (Å²) in [6.07, 6.45) is 1.12. The van der Waals surface area contributed by atoms with Gasteiger partial charge in [-0.3, -0.25) is 27.3 Å². The maximum absolute atomic E-state index is 14.0. The number of carbonyl (C=O) groups is 1. The molecule has 0 saturated carbocycles. The largest absolute Gasteiger partial charge is 0.495 e. The third kappa shape index (κ3) is 20.9. The lowest BCUT2D eigenvalue weighted by Gasteiger charge is -2.17. The second-order valence-corrected chi connectivity index (χ2v) is 30.1. The average molecular weight is 1460 g/mol. The van der Waals surface area contributed by atoms with Crippen LogP contribution in [0.1, 0.15) is 50.3 Å². The molecule has 8 N–H and O–H groups in total. The molecule has 0 atom stereocenters. The number of amides is 2. The Hall–Kier alpha value is -9.13. The van der Waals surface area contributed by atoms with Crippen LogP contribution in [-0.2, 0) is 65.4 Å². The minimum atomic E-state index is -5.00. The highest BCUT2D eigenvalue weighted by molar-refractivity contribution is 7.87. The van der Waals surface area contributed by atoms with Gasteiger partial charge in [-0.1, -0.05) is 26.0 Å². The van der Waals surface area contributed by atoms with Crippen LogP contribution < -0.4 is 24.8 Å². The average Bonchev–Trinajstić information content (AvgIpc) is 0.776. The summed E-state index contributed by atoms with van der Waals surface area (Å²) in [6.45, 7) is 9.43. The highest BCUT2D eigenvalue weighted by Gasteiger charge is 2.24. The van der Waals surface area contributed by atoms with E-state index in [1.54, 1.807) is 47.6 Å². The second-order valence-electron chi connectivity index (χ2n) is 21.4. The van der Waals surface area contributed by atoms with Crippen molar-refractivity contribution in [2.45, 2.75) is 74.0 Å². The Balaban J connectivity index is 1.15. The van der Waals surface area contributed by atoms with Gasteiger partial charge in [0.15, 0.2) is 0 Å². The Morgan fingerprint density at radius 2 is 0.918 bits per heavy atom. The molecule has 518 valence electrons. The second kappa shape index (κ2) is 30.5. The number of rotatable bonds is 28. The van der Waals surface area contributed by atoms with Gasteiger partial charge in [0.05, 0.1) is 94.2 Å². The molecule has 0 aliphatic carbocycles. The fraction of sp³-hybridized carbons (Fsp3) is 0.259. The topological polar surface area (TPSA) is 503 Å². The van der Waals surface area contributed by atoms with E-state index in [0.29, 0.717) is 34.5 Å². The van der Waals surface area contributed by atoms with E-state index in [4.69, 9.17) is 18.9 Å². The molecule has 7 aromatic rings. The number of allylic oxidation sites excluding steroid dienone is 3. The SMILES string of the molecule is COC(/C=C(/N=Nc1ccc2cc(S(=O)(=O)O)cc(S(=O)(=O)O)c2c1)C(C)C)=C(/C)N=Nc1cc(OCCCS(=O)(=O)O)c(NC(=O)Nc2cc(C)c(N=Nc3cc(C)c(N=Nc4ccc5cc(S(=O)(=O)O)cc(S(=O)(=O)O)c5c4)cc3OC)cc2OCCCS(=O)(=O)O)cc1C. The van der Waals surface area contributed by atoms with Crippen LogP contribution in [0.4, 0.5) is 50.3 Å². The molecule has 0 saturated heterocycles. The number of benzene rings is 7. The molecule has 2 amide bonds. The highest BCUT2D eigenvalue weighted by atomic mass is 32.2. The van der Waals surface area contributed by atoms with Crippen molar-refractivity contribution in [2.24, 2.45) is 46.8 Å². The zero-order valence-corrected chi connectivity index (χ0v) is 57.2. The van der Waals surface area contributed by atoms with Crippen molar-refractivity contribution in [2.75, 3.05) is 49.6 Å². The maximum Gasteiger partial charge on any atom is 0.323 e. The molecule has 0 unspecified atom stereocenters. The van der Waals surface area contributed by atoms with E-state index in [2.05, 4.69) is 51.5 Å². The molecule has 0 aromatic heterocycles. The summed E-state index contributed by atoms with van der Waals surface area (Å²) >= 11 is 0. The summed E-state index contributed by atoms with van der Waals surface area (Å²) in [5, 5.41) is 39.7. The Morgan fingerprint density at radius 3 is 1.34 bits per heavy atom. The molecule has 7 aromatic carbocycles. The van der Waals surface area contributed by atoms with Gasteiger partial charge < -0.3 is 29.6 Å². The van der Waals surface area contributed by atoms with Gasteiger partial charge in [0.2, 0.25) is 0 Å². The summed E-state index contributed by atoms with van der Waals surface area (Å²) in [6, 6.07) is 18.9. The first-order valence-corrected chi connectivity index (χ1v) is 37.0. The van der Waals surface area contributed by atoms with Gasteiger partial charge in [0.25, 0.3) is 60.7 Å². The fourth-order valence-electron chi connectivity index (χ4n) is 8.83. The van der Waals surface area contributed by atoms with Crippen molar-refractivity contribution in [3.8, 4) is 17.2 Å². The van der Waals surface area contributed by atoms with E-state index in [-0.39, 0.29) is 128 Å². The monoisotopic (exact) mass is 1460 g/mol. The molecule has 39 heteroatoms. The minimum Gasteiger partial charge on any atom is -0.495 e. The third-order valence-electron chi connectivity index (χ3n) is 13.7. The molecule has 0 aliphatic heterocycles. The van der Waals surface area contributed by atoms with Crippen LogP contribution in [0.2, 0.25) is 0 Å². The van der Waals surface area contributed by atoms with Crippen molar-refractivity contribution >= 4 is 134 Å². The van der Waals surface area contributed by atoms with Crippen LogP contribution in [-0.4, -0.2) is 123 Å². The molecule has 97 heavy (non-hydrogen) atoms. The van der Waals surface area contributed by atoms with E-state index in [1.807, 2.05) is 0 Å². The molecule has 0 radical (unpaired) electrons. The molecular weight excluding hydrogens is 1400 g/mol. The lowest BCUT2D eigenvalue weighted by molar-refractivity contribution is 0.261. The highest BCUT2D eigenvalue weighted by Crippen LogP contribution is 2.41. The van der Waals surface area contributed by atoms with Gasteiger partial charge in [-0.15, -0.1) is 5.11 Å². The molecular formula is C58H62N10O23S6. The number of nitrogens with one attached hydrogen (secondary N) is 2. The first kappa shape index (κ1) is 75.3. The Kier molecular flexibility index (Phi) is 23.7. The predicted molar refractivity (Wildman–Crippen MR) is 353 cm³/mol. The number of nitrogens with zero attached hydrogens (tertiary/aromatic N) is 8. The van der Waals surface area contributed by atoms with Gasteiger partial charge in [-0.25, -0.2) is 4.79 Å². The minimum absolute atomic E-state index is 0.0274. The number of aryl methyl sites for hydroxylation is 3. The molecule has 0 fully saturated rings. The number of azo groups is 4. The van der Waals surface area contributed by atoms with Crippen LogP contribution >= 0.6 is 0 Å². The smallest absolute Gasteiger partial charge is 0.323 e. The van der Waals surface area contributed by atoms with Crippen molar-refractivity contribution < 1.29 is 102 Å². The fourth-order valence-corrected chi connectivity index (χ4v) is 12.5. The zero-order chi connectivity index (χ0) is 71.8. The number of anilines is 2. The van der Waals surface area contributed by atoms with Crippen molar-refractivity contribution in [1.82, 2.24) is 0 Å². The summed E-state index contributed by atoms with van der Waals surface area (Å²) < 4.78 is 224. The lowest BCUT2D eigenvalue weighted by Crippen LogP contribution is -2.21. The van der Waals surface area contributed by atoms with Crippen molar-refractivity contribution in [3.63, 3.8) is 0 Å². The number of ether oxygens (including phenoxy) is 4. The van der Waals surface area contributed by atoms with Crippen LogP contribution in [0, 0.1) is 26.7 Å². The summed E-state index contributed by atoms with van der Waals surface area (Å²) in [7, 11) is -25.8. The zero-order valence-electron chi connectivity index (χ0n) is 52.3. The first-order chi connectivity index (χ1) is 45.1. The lowest BCUT2D eigenvalue weighted by atomic mass is 10.1. The normalized spacial score (nSPS) is 13.4. The van der Waals surface area contributed by atoms with E-state index >= 15 is 0 Å². The number of carbonyl (C=O) groups excluding carboxylic acids is 1. The maximum atomic E-state index is 14.0. The quantitative estimate of drug-likeness (QED) is 0.00742. The number of hydrogen-bond acceptors (Lipinski definition) is 25. The van der Waals surface area contributed by atoms with Crippen LogP contribution in [0.3, 0.4) is 0 Å². The Labute approximate surface area is 556 Å². The van der Waals surface area contributed by atoms with Gasteiger partial charge in [0.1, 0.15) is 44.2 Å². The molecule has 0 heterocycles. The number of urea groups is 1. The molecule has 0 aliphatic rings. The molecule has 33 nitrogen and oxygen atoms in total. The number of fused-ring (bicyclic) bond motifs is 2. The molecule has 0 spiro atoms. The van der Waals surface area contributed by atoms with Crippen molar-refractivity contribution in [1.29, 1.82) is 0 Å². The standard InChI is InChI=1S/C58H62N10O23S6/c1-32(2)45(64-62-39-13-11-37-22-41(94(76,77)78)26-56(43(37)24-39)96(82,83)84)28-52(88-7)36(6)61-65-47-30-54(90-15-9-17-92(70,71)72)49(19-33(47)3)59-58(69)60-50-20-34(4)48(31-55(50)91-16-10-18-93(73,74)75)67-68-51-21-35(5)46(29-53(51)89-8)66-63-40-14-12-38-23-42(95(79,80)81)27-57(44(38)25-40)97(85,86)87/h11-14,19-32H,9-10,15-18H2,1-8H3,(H2,59,60,69)(H,70,71,72)(H,73,74,75)(H,76,77,78)(H,79,80,81)(H,82,83,84)(H,85,86,87)/b45-28+,52-36-,64-62?,65-61?,66-63?,68-67?. The first-order valence-electron chi connectivity index (χ1n) is 28.0. The summed E-state index contributed by atoms with van der Waals surface area (Å²) in [5.41, 5.74) is 2.83. The van der Waals surface area contributed by atoms with E-state index in [1.165, 1.54) is 87.0 Å². The summed E-state index contributed by atoms with van der Waals surface area (Å²) in [4.78, 5) is 10.9. The van der Waals surface area contributed by atoms with Crippen molar-refractivity contribution in [3.05, 3.63) is 137 Å². The van der Waals surface area contributed by atoms with E-state index in [0.717, 1.165) is 12.1 Å². The van der Waals surface area contributed by atoms with Gasteiger partial charge in [-0.05, 0) is 141 Å². The van der Waals surface area contributed by atoms with Crippen LogP contribution in [0.25, 0.3) is 21.5 Å². The van der Waals surface area contributed by atoms with Crippen LogP contribution in [0.15, 0.2) is 181 Å². The number of hydrogen-bond donors (Lipinski definition) is 8. The van der Waals surface area contributed by atoms with E-state index < -0.39 is 97.8 Å². The van der Waals surface area contributed by atoms with E-state index in [9.17, 15) is 82.6 Å². The van der Waals surface area contributed by atoms with Gasteiger partial charge >= 0.3 is 6.03 Å². The third-order valence-corrected chi connectivity index (χ3v) is 18.7. The summed E-state index contributed by atoms with van der Waals surface area (Å²) in [5.74, 6) is -1.47. The molecule has 0 bridgehead atoms. The Morgan fingerprint density at radius 1 is 0.495 bits per heavy atom. The van der Waals surface area contributed by atoms with Gasteiger partial charge in [0, 0.05) is 35.0 Å². The molecule has 7 rings (SSSR count). The Bertz CT molecular complexity index is 5200. The predicted octanol–water partition coefficient (Wildman–Crippen LogP) is 13.0. The van der Waals surface area contributed by atoms with Gasteiger partial charge in [-0.2, -0.15) is 86.3 Å².